The number of nitro groups is 1. The summed E-state index contributed by atoms with van der Waals surface area (Å²) in [6.07, 6.45) is 2.56. The van der Waals surface area contributed by atoms with Gasteiger partial charge in [0.05, 0.1) is 24.7 Å². The molecule has 0 N–H and O–H groups in total. The molecule has 0 spiro atoms. The highest BCUT2D eigenvalue weighted by atomic mass is 79.9. The first-order valence-corrected chi connectivity index (χ1v) is 6.87. The molecule has 2 aromatic heterocycles. The van der Waals surface area contributed by atoms with E-state index in [1.165, 1.54) is 23.9 Å². The topological polar surface area (TPSA) is 114 Å². The Kier molecular flexibility index (Phi) is 4.74. The van der Waals surface area contributed by atoms with Gasteiger partial charge in [-0.3, -0.25) is 14.7 Å². The van der Waals surface area contributed by atoms with Crippen molar-refractivity contribution in [3.63, 3.8) is 0 Å². The van der Waals surface area contributed by atoms with E-state index in [4.69, 9.17) is 0 Å². The van der Waals surface area contributed by atoms with Gasteiger partial charge in [-0.1, -0.05) is 0 Å². The number of carbonyl (C=O) groups is 2. The first-order chi connectivity index (χ1) is 10.9. The normalized spacial score (nSPS) is 10.2. The van der Waals surface area contributed by atoms with Crippen LogP contribution in [0.4, 0.5) is 5.69 Å². The highest BCUT2D eigenvalue weighted by Gasteiger charge is 2.25. The Labute approximate surface area is 138 Å². The third kappa shape index (κ3) is 3.21. The minimum atomic E-state index is -0.756. The van der Waals surface area contributed by atoms with E-state index in [1.807, 2.05) is 0 Å². The SMILES string of the molecule is COC(=O)c1cnc(-n2cc(Br)cc2C(=O)OC)c([N+](=O)[O-])c1. The fourth-order valence-corrected chi connectivity index (χ4v) is 2.28. The Morgan fingerprint density at radius 1 is 1.26 bits per heavy atom. The zero-order valence-corrected chi connectivity index (χ0v) is 13.6. The highest BCUT2D eigenvalue weighted by molar-refractivity contribution is 9.10. The van der Waals surface area contributed by atoms with Crippen molar-refractivity contribution in [2.75, 3.05) is 14.2 Å². The second-order valence-corrected chi connectivity index (χ2v) is 5.14. The number of carbonyl (C=O) groups excluding carboxylic acids is 2. The molecule has 23 heavy (non-hydrogen) atoms. The molecule has 0 aliphatic heterocycles. The number of hydrogen-bond donors (Lipinski definition) is 0. The molecule has 0 bridgehead atoms. The first kappa shape index (κ1) is 16.6. The van der Waals surface area contributed by atoms with Crippen molar-refractivity contribution < 1.29 is 24.0 Å². The van der Waals surface area contributed by atoms with E-state index in [9.17, 15) is 19.7 Å². The van der Waals surface area contributed by atoms with E-state index in [1.54, 1.807) is 0 Å². The van der Waals surface area contributed by atoms with Crippen molar-refractivity contribution in [1.82, 2.24) is 9.55 Å². The molecular formula is C13H10BrN3O6. The Morgan fingerprint density at radius 2 is 1.91 bits per heavy atom. The molecule has 2 heterocycles. The number of rotatable bonds is 4. The Morgan fingerprint density at radius 3 is 2.48 bits per heavy atom. The standard InChI is InChI=1S/C13H10BrN3O6/c1-22-12(18)7-3-9(17(20)21)11(15-5-7)16-6-8(14)4-10(16)13(19)23-2/h3-6H,1-2H3. The maximum Gasteiger partial charge on any atom is 0.355 e. The van der Waals surface area contributed by atoms with Crippen LogP contribution in [0.5, 0.6) is 0 Å². The maximum absolute atomic E-state index is 11.8. The number of aromatic nitrogens is 2. The Bertz CT molecular complexity index is 801. The second-order valence-electron chi connectivity index (χ2n) is 4.22. The van der Waals surface area contributed by atoms with Crippen LogP contribution in [0.15, 0.2) is 29.0 Å². The molecule has 10 heteroatoms. The van der Waals surface area contributed by atoms with Crippen LogP contribution in [-0.2, 0) is 9.47 Å². The molecule has 0 amide bonds. The van der Waals surface area contributed by atoms with Gasteiger partial charge in [0.2, 0.25) is 5.82 Å². The van der Waals surface area contributed by atoms with E-state index in [2.05, 4.69) is 30.4 Å². The van der Waals surface area contributed by atoms with Gasteiger partial charge >= 0.3 is 17.6 Å². The van der Waals surface area contributed by atoms with Crippen molar-refractivity contribution in [2.45, 2.75) is 0 Å². The number of methoxy groups -OCH3 is 2. The molecule has 0 fully saturated rings. The van der Waals surface area contributed by atoms with Crippen molar-refractivity contribution >= 4 is 33.6 Å². The molecule has 0 saturated heterocycles. The molecule has 120 valence electrons. The molecule has 0 saturated carbocycles. The monoisotopic (exact) mass is 383 g/mol. The van der Waals surface area contributed by atoms with Crippen molar-refractivity contribution in [3.8, 4) is 5.82 Å². The number of esters is 2. The molecule has 0 aliphatic rings. The van der Waals surface area contributed by atoms with Crippen molar-refractivity contribution in [1.29, 1.82) is 0 Å². The van der Waals surface area contributed by atoms with Crippen molar-refractivity contribution in [2.24, 2.45) is 0 Å². The van der Waals surface area contributed by atoms with Gasteiger partial charge < -0.3 is 9.47 Å². The lowest BCUT2D eigenvalue weighted by molar-refractivity contribution is -0.384. The molecule has 0 radical (unpaired) electrons. The van der Waals surface area contributed by atoms with Gasteiger partial charge in [-0.25, -0.2) is 14.6 Å². The van der Waals surface area contributed by atoms with Crippen LogP contribution in [0, 0.1) is 10.1 Å². The summed E-state index contributed by atoms with van der Waals surface area (Å²) in [6, 6.07) is 2.47. The van der Waals surface area contributed by atoms with E-state index >= 15 is 0 Å². The Hall–Kier alpha value is -2.75. The molecule has 0 aromatic carbocycles. The van der Waals surface area contributed by atoms with Gasteiger partial charge in [0.1, 0.15) is 5.69 Å². The van der Waals surface area contributed by atoms with Crippen LogP contribution in [0.2, 0.25) is 0 Å². The summed E-state index contributed by atoms with van der Waals surface area (Å²) in [5.41, 5.74) is -0.490. The van der Waals surface area contributed by atoms with Crippen LogP contribution in [0.25, 0.3) is 5.82 Å². The van der Waals surface area contributed by atoms with Gasteiger partial charge in [0.15, 0.2) is 0 Å². The lowest BCUT2D eigenvalue weighted by Crippen LogP contribution is -2.12. The van der Waals surface area contributed by atoms with E-state index in [-0.39, 0.29) is 17.1 Å². The minimum Gasteiger partial charge on any atom is -0.465 e. The highest BCUT2D eigenvalue weighted by Crippen LogP contribution is 2.27. The minimum absolute atomic E-state index is 0.0424. The zero-order valence-electron chi connectivity index (χ0n) is 12.0. The summed E-state index contributed by atoms with van der Waals surface area (Å²) in [7, 11) is 2.34. The fraction of sp³-hybridized carbons (Fsp3) is 0.154. The molecule has 0 unspecified atom stereocenters. The smallest absolute Gasteiger partial charge is 0.355 e. The molecule has 0 atom stereocenters. The predicted octanol–water partition coefficient (Wildman–Crippen LogP) is 2.12. The summed E-state index contributed by atoms with van der Waals surface area (Å²) in [6.45, 7) is 0. The number of hydrogen-bond acceptors (Lipinski definition) is 7. The quantitative estimate of drug-likeness (QED) is 0.451. The van der Waals surface area contributed by atoms with E-state index in [0.717, 1.165) is 19.4 Å². The number of halogens is 1. The average molecular weight is 384 g/mol. The van der Waals surface area contributed by atoms with Gasteiger partial charge in [-0.05, 0) is 22.0 Å². The van der Waals surface area contributed by atoms with Crippen LogP contribution in [0.3, 0.4) is 0 Å². The number of pyridine rings is 1. The summed E-state index contributed by atoms with van der Waals surface area (Å²) in [4.78, 5) is 37.8. The number of nitrogens with zero attached hydrogens (tertiary/aromatic N) is 3. The van der Waals surface area contributed by atoms with Crippen LogP contribution < -0.4 is 0 Å². The molecule has 2 aromatic rings. The summed E-state index contributed by atoms with van der Waals surface area (Å²) in [5, 5.41) is 11.3. The summed E-state index contributed by atoms with van der Waals surface area (Å²) in [5.74, 6) is -1.58. The van der Waals surface area contributed by atoms with Gasteiger partial charge in [0.25, 0.3) is 0 Å². The van der Waals surface area contributed by atoms with Crippen molar-refractivity contribution in [3.05, 3.63) is 50.4 Å². The van der Waals surface area contributed by atoms with Crippen LogP contribution >= 0.6 is 15.9 Å². The van der Waals surface area contributed by atoms with Crippen LogP contribution in [-0.4, -0.2) is 40.6 Å². The lowest BCUT2D eigenvalue weighted by Gasteiger charge is -2.08. The molecule has 9 nitrogen and oxygen atoms in total. The third-order valence-corrected chi connectivity index (χ3v) is 3.31. The summed E-state index contributed by atoms with van der Waals surface area (Å²) >= 11 is 3.19. The fourth-order valence-electron chi connectivity index (χ4n) is 1.86. The largest absolute Gasteiger partial charge is 0.465 e. The lowest BCUT2D eigenvalue weighted by atomic mass is 10.2. The average Bonchev–Trinajstić information content (AvgIpc) is 2.94. The number of ether oxygens (including phenoxy) is 2. The Balaban J connectivity index is 2.67. The first-order valence-electron chi connectivity index (χ1n) is 6.08. The second kappa shape index (κ2) is 6.57. The van der Waals surface area contributed by atoms with Gasteiger partial charge in [-0.2, -0.15) is 0 Å². The molecular weight excluding hydrogens is 374 g/mol. The summed E-state index contributed by atoms with van der Waals surface area (Å²) < 4.78 is 10.9. The van der Waals surface area contributed by atoms with Crippen LogP contribution in [0.1, 0.15) is 20.8 Å². The van der Waals surface area contributed by atoms with Gasteiger partial charge in [0, 0.05) is 22.9 Å². The van der Waals surface area contributed by atoms with E-state index < -0.39 is 22.5 Å². The zero-order chi connectivity index (χ0) is 17.1. The predicted molar refractivity (Wildman–Crippen MR) is 80.6 cm³/mol. The molecule has 2 rings (SSSR count). The van der Waals surface area contributed by atoms with E-state index in [0.29, 0.717) is 4.47 Å². The van der Waals surface area contributed by atoms with Gasteiger partial charge in [-0.15, -0.1) is 0 Å². The maximum atomic E-state index is 11.8. The third-order valence-electron chi connectivity index (χ3n) is 2.87. The molecule has 0 aliphatic carbocycles.